The van der Waals surface area contributed by atoms with Gasteiger partial charge in [-0.05, 0) is 65.9 Å². The van der Waals surface area contributed by atoms with Crippen molar-refractivity contribution in [2.75, 3.05) is 12.4 Å². The number of hydrogen-bond acceptors (Lipinski definition) is 6. The average Bonchev–Trinajstić information content (AvgIpc) is 3.61. The number of carbonyl (C=O) groups excluding carboxylic acids is 2. The number of benzene rings is 3. The van der Waals surface area contributed by atoms with E-state index in [1.54, 1.807) is 41.0 Å². The number of amides is 2. The van der Waals surface area contributed by atoms with Crippen molar-refractivity contribution in [3.8, 4) is 5.75 Å². The molecule has 8 nitrogen and oxygen atoms in total. The molecule has 2 heterocycles. The van der Waals surface area contributed by atoms with Crippen molar-refractivity contribution in [3.63, 3.8) is 0 Å². The predicted octanol–water partition coefficient (Wildman–Crippen LogP) is 5.22. The van der Waals surface area contributed by atoms with E-state index in [0.717, 1.165) is 21.5 Å². The molecule has 0 aliphatic heterocycles. The van der Waals surface area contributed by atoms with E-state index < -0.39 is 6.04 Å². The molecule has 2 aromatic heterocycles. The van der Waals surface area contributed by atoms with Gasteiger partial charge in [-0.1, -0.05) is 47.7 Å². The maximum Gasteiger partial charge on any atom is 0.252 e. The Labute approximate surface area is 224 Å². The number of rotatable bonds is 9. The summed E-state index contributed by atoms with van der Waals surface area (Å²) in [6.45, 7) is 2.21. The van der Waals surface area contributed by atoms with E-state index in [9.17, 15) is 9.59 Å². The van der Waals surface area contributed by atoms with Crippen molar-refractivity contribution in [1.82, 2.24) is 19.9 Å². The van der Waals surface area contributed by atoms with Gasteiger partial charge in [0.25, 0.3) is 5.91 Å². The Hall–Kier alpha value is -4.50. The molecule has 1 unspecified atom stereocenters. The van der Waals surface area contributed by atoms with Crippen molar-refractivity contribution < 1.29 is 14.3 Å². The number of methoxy groups -OCH3 is 1. The van der Waals surface area contributed by atoms with Crippen molar-refractivity contribution in [3.05, 3.63) is 106 Å². The number of para-hydroxylation sites is 1. The van der Waals surface area contributed by atoms with Crippen LogP contribution in [0.1, 0.15) is 22.0 Å². The van der Waals surface area contributed by atoms with Crippen LogP contribution in [-0.4, -0.2) is 38.8 Å². The summed E-state index contributed by atoms with van der Waals surface area (Å²) >= 11 is 1.44. The van der Waals surface area contributed by atoms with Gasteiger partial charge in [0.1, 0.15) is 23.9 Å². The zero-order valence-corrected chi connectivity index (χ0v) is 21.9. The summed E-state index contributed by atoms with van der Waals surface area (Å²) < 4.78 is 6.81. The smallest absolute Gasteiger partial charge is 0.252 e. The van der Waals surface area contributed by atoms with Gasteiger partial charge < -0.3 is 15.0 Å². The summed E-state index contributed by atoms with van der Waals surface area (Å²) in [6, 6.07) is 25.4. The van der Waals surface area contributed by atoms with E-state index >= 15 is 0 Å². The highest BCUT2D eigenvalue weighted by atomic mass is 32.1. The summed E-state index contributed by atoms with van der Waals surface area (Å²) in [7, 11) is 1.59. The number of anilines is 1. The molecule has 5 aromatic rings. The Morgan fingerprint density at radius 2 is 1.76 bits per heavy atom. The first-order chi connectivity index (χ1) is 18.5. The monoisotopic (exact) mass is 525 g/mol. The first kappa shape index (κ1) is 25.2. The zero-order valence-electron chi connectivity index (χ0n) is 21.1. The second-order valence-corrected chi connectivity index (χ2v) is 9.80. The molecule has 0 radical (unpaired) electrons. The molecule has 38 heavy (non-hydrogen) atoms. The van der Waals surface area contributed by atoms with Gasteiger partial charge in [-0.25, -0.2) is 4.68 Å². The normalized spacial score (nSPS) is 11.7. The number of aromatic nitrogens is 3. The van der Waals surface area contributed by atoms with Gasteiger partial charge in [0, 0.05) is 17.1 Å². The van der Waals surface area contributed by atoms with Crippen LogP contribution in [0, 0.1) is 6.92 Å². The van der Waals surface area contributed by atoms with E-state index in [4.69, 9.17) is 4.74 Å². The predicted molar refractivity (Wildman–Crippen MR) is 148 cm³/mol. The molecule has 0 aliphatic carbocycles. The lowest BCUT2D eigenvalue weighted by Gasteiger charge is -2.31. The maximum atomic E-state index is 14.0. The number of nitrogens with zero attached hydrogens (tertiary/aromatic N) is 4. The van der Waals surface area contributed by atoms with Crippen LogP contribution in [0.25, 0.3) is 11.0 Å². The molecule has 0 saturated heterocycles. The third-order valence-corrected chi connectivity index (χ3v) is 7.28. The summed E-state index contributed by atoms with van der Waals surface area (Å²) in [5, 5.41) is 13.3. The fraction of sp³-hybridized carbons (Fsp3) is 0.172. The molecule has 3 aromatic carbocycles. The van der Waals surface area contributed by atoms with E-state index in [2.05, 4.69) is 15.6 Å². The topological polar surface area (TPSA) is 89.4 Å². The largest absolute Gasteiger partial charge is 0.497 e. The first-order valence-electron chi connectivity index (χ1n) is 12.1. The number of ether oxygens (including phenoxy) is 1. The lowest BCUT2D eigenvalue weighted by atomic mass is 10.1. The van der Waals surface area contributed by atoms with E-state index in [0.29, 0.717) is 17.0 Å². The standard InChI is InChI=1S/C29H27N5O3S/c1-20-8-3-4-9-21(20)18-33(27(35)19-34-25-11-6-5-10-24(25)31-32-34)28(26-12-7-17-38-26)29(36)30-22-13-15-23(37-2)16-14-22/h3-17,28H,18-19H2,1-2H3,(H,30,36). The third-order valence-electron chi connectivity index (χ3n) is 6.36. The minimum absolute atomic E-state index is 0.0515. The van der Waals surface area contributed by atoms with Crippen LogP contribution in [-0.2, 0) is 22.7 Å². The molecular weight excluding hydrogens is 498 g/mol. The Kier molecular flexibility index (Phi) is 7.46. The highest BCUT2D eigenvalue weighted by Gasteiger charge is 2.33. The van der Waals surface area contributed by atoms with Crippen molar-refractivity contribution >= 4 is 39.9 Å². The van der Waals surface area contributed by atoms with Crippen molar-refractivity contribution in [2.45, 2.75) is 26.1 Å². The molecule has 0 fully saturated rings. The van der Waals surface area contributed by atoms with Crippen molar-refractivity contribution in [1.29, 1.82) is 0 Å². The first-order valence-corrected chi connectivity index (χ1v) is 13.0. The van der Waals surface area contributed by atoms with Crippen molar-refractivity contribution in [2.24, 2.45) is 0 Å². The van der Waals surface area contributed by atoms with Crippen LogP contribution in [0.4, 0.5) is 5.69 Å². The number of thiophene rings is 1. The van der Waals surface area contributed by atoms with Gasteiger partial charge in [-0.2, -0.15) is 0 Å². The summed E-state index contributed by atoms with van der Waals surface area (Å²) in [5.74, 6) is 0.143. The molecular formula is C29H27N5O3S. The highest BCUT2D eigenvalue weighted by Crippen LogP contribution is 2.30. The molecule has 0 spiro atoms. The Bertz CT molecular complexity index is 1550. The lowest BCUT2D eigenvalue weighted by Crippen LogP contribution is -2.42. The Morgan fingerprint density at radius 3 is 2.50 bits per heavy atom. The SMILES string of the molecule is COc1ccc(NC(=O)C(c2cccs2)N(Cc2ccccc2C)C(=O)Cn2nnc3ccccc32)cc1. The molecule has 0 saturated carbocycles. The Morgan fingerprint density at radius 1 is 1.00 bits per heavy atom. The highest BCUT2D eigenvalue weighted by molar-refractivity contribution is 7.10. The number of fused-ring (bicyclic) bond motifs is 1. The van der Waals surface area contributed by atoms with Crippen LogP contribution in [0.15, 0.2) is 90.3 Å². The summed E-state index contributed by atoms with van der Waals surface area (Å²) in [4.78, 5) is 30.2. The van der Waals surface area contributed by atoms with Crippen LogP contribution >= 0.6 is 11.3 Å². The second-order valence-electron chi connectivity index (χ2n) is 8.82. The molecule has 5 rings (SSSR count). The minimum atomic E-state index is -0.848. The van der Waals surface area contributed by atoms with E-state index in [1.807, 2.05) is 73.0 Å². The number of aryl methyl sites for hydroxylation is 1. The average molecular weight is 526 g/mol. The van der Waals surface area contributed by atoms with Crippen LogP contribution < -0.4 is 10.1 Å². The summed E-state index contributed by atoms with van der Waals surface area (Å²) in [6.07, 6.45) is 0. The zero-order chi connectivity index (χ0) is 26.5. The fourth-order valence-electron chi connectivity index (χ4n) is 4.30. The molecule has 1 atom stereocenters. The van der Waals surface area contributed by atoms with Gasteiger partial charge in [-0.3, -0.25) is 9.59 Å². The van der Waals surface area contributed by atoms with Gasteiger partial charge in [0.05, 0.1) is 12.6 Å². The number of carbonyl (C=O) groups is 2. The van der Waals surface area contributed by atoms with E-state index in [-0.39, 0.29) is 24.9 Å². The summed E-state index contributed by atoms with van der Waals surface area (Å²) in [5.41, 5.74) is 4.08. The van der Waals surface area contributed by atoms with E-state index in [1.165, 1.54) is 11.3 Å². The van der Waals surface area contributed by atoms with Crippen LogP contribution in [0.5, 0.6) is 5.75 Å². The minimum Gasteiger partial charge on any atom is -0.497 e. The lowest BCUT2D eigenvalue weighted by molar-refractivity contribution is -0.140. The molecule has 9 heteroatoms. The van der Waals surface area contributed by atoms with Gasteiger partial charge in [-0.15, -0.1) is 16.4 Å². The second kappa shape index (κ2) is 11.3. The van der Waals surface area contributed by atoms with Gasteiger partial charge in [0.15, 0.2) is 0 Å². The fourth-order valence-corrected chi connectivity index (χ4v) is 5.14. The molecule has 192 valence electrons. The molecule has 0 bridgehead atoms. The van der Waals surface area contributed by atoms with Crippen LogP contribution in [0.3, 0.4) is 0 Å². The maximum absolute atomic E-state index is 14.0. The molecule has 1 N–H and O–H groups in total. The number of nitrogens with one attached hydrogen (secondary N) is 1. The van der Waals surface area contributed by atoms with Gasteiger partial charge in [0.2, 0.25) is 5.91 Å². The number of hydrogen-bond donors (Lipinski definition) is 1. The van der Waals surface area contributed by atoms with Gasteiger partial charge >= 0.3 is 0 Å². The molecule has 2 amide bonds. The van der Waals surface area contributed by atoms with Crippen LogP contribution in [0.2, 0.25) is 0 Å². The third kappa shape index (κ3) is 5.42. The Balaban J connectivity index is 1.51. The molecule has 0 aliphatic rings. The quantitative estimate of drug-likeness (QED) is 0.285.